The fourth-order valence-electron chi connectivity index (χ4n) is 1.14. The van der Waals surface area contributed by atoms with Crippen LogP contribution in [0.2, 0.25) is 0 Å². The number of carbonyl (C=O) groups excluding carboxylic acids is 2. The summed E-state index contributed by atoms with van der Waals surface area (Å²) in [6.07, 6.45) is -0.280. The van der Waals surface area contributed by atoms with Gasteiger partial charge in [0.2, 0.25) is 0 Å². The Morgan fingerprint density at radius 2 is 1.89 bits per heavy atom. The lowest BCUT2D eigenvalue weighted by Gasteiger charge is -2.03. The number of nitro groups is 1. The van der Waals surface area contributed by atoms with Crippen molar-refractivity contribution in [3.63, 3.8) is 0 Å². The third-order valence-electron chi connectivity index (χ3n) is 2.04. The molecule has 0 bridgehead atoms. The Balaban J connectivity index is 2.46. The molecule has 0 aliphatic heterocycles. The predicted molar refractivity (Wildman–Crippen MR) is 66.3 cm³/mol. The fraction of sp³-hybridized carbons (Fsp3) is 0.273. The number of Topliss-reactive ketones (excluding diaryl/α,β-unsaturated/α-hetero) is 1. The molecule has 1 aromatic carbocycles. The average molecular weight is 316 g/mol. The van der Waals surface area contributed by atoms with Crippen LogP contribution in [0.25, 0.3) is 0 Å². The van der Waals surface area contributed by atoms with Crippen molar-refractivity contribution < 1.29 is 19.2 Å². The molecule has 1 rings (SSSR count). The number of ether oxygens (including phenoxy) is 1. The first kappa shape index (κ1) is 14.3. The van der Waals surface area contributed by atoms with Gasteiger partial charge in [0.05, 0.1) is 10.3 Å². The molecule has 0 atom stereocenters. The van der Waals surface area contributed by atoms with Crippen LogP contribution in [-0.2, 0) is 20.9 Å². The molecule has 0 amide bonds. The lowest BCUT2D eigenvalue weighted by molar-refractivity contribution is -0.384. The van der Waals surface area contributed by atoms with Crippen molar-refractivity contribution >= 4 is 33.4 Å². The average Bonchev–Trinajstić information content (AvgIpc) is 2.36. The van der Waals surface area contributed by atoms with Crippen LogP contribution < -0.4 is 0 Å². The second-order valence-electron chi connectivity index (χ2n) is 3.43. The maximum Gasteiger partial charge on any atom is 0.313 e. The highest BCUT2D eigenvalue weighted by Gasteiger charge is 2.10. The topological polar surface area (TPSA) is 86.5 Å². The normalized spacial score (nSPS) is 9.83. The van der Waals surface area contributed by atoms with E-state index in [-0.39, 0.29) is 29.8 Å². The van der Waals surface area contributed by atoms with E-state index in [0.29, 0.717) is 5.56 Å². The number of carbonyl (C=O) groups is 2. The van der Waals surface area contributed by atoms with Crippen LogP contribution in [0, 0.1) is 10.1 Å². The third kappa shape index (κ3) is 4.62. The van der Waals surface area contributed by atoms with Gasteiger partial charge in [-0.15, -0.1) is 0 Å². The van der Waals surface area contributed by atoms with E-state index < -0.39 is 10.9 Å². The molecule has 0 saturated carbocycles. The van der Waals surface area contributed by atoms with Crippen molar-refractivity contribution in [1.82, 2.24) is 0 Å². The van der Waals surface area contributed by atoms with Gasteiger partial charge >= 0.3 is 5.97 Å². The number of halogens is 1. The van der Waals surface area contributed by atoms with Gasteiger partial charge in [0, 0.05) is 12.1 Å². The summed E-state index contributed by atoms with van der Waals surface area (Å²) in [5, 5.41) is 10.5. The van der Waals surface area contributed by atoms with Crippen LogP contribution >= 0.6 is 15.9 Å². The molecular formula is C11H10BrNO5. The summed E-state index contributed by atoms with van der Waals surface area (Å²) in [7, 11) is 0. The number of alkyl halides is 1. The number of ketones is 1. The van der Waals surface area contributed by atoms with Crippen LogP contribution in [0.5, 0.6) is 0 Å². The number of non-ortho nitro benzene ring substituents is 1. The smallest absolute Gasteiger partial charge is 0.313 e. The standard InChI is InChI=1S/C11H10BrNO5/c12-6-10(14)5-11(15)18-7-8-1-3-9(4-2-8)13(16)17/h1-4H,5-7H2. The van der Waals surface area contributed by atoms with Crippen LogP contribution in [0.1, 0.15) is 12.0 Å². The zero-order valence-corrected chi connectivity index (χ0v) is 10.9. The summed E-state index contributed by atoms with van der Waals surface area (Å²) in [4.78, 5) is 32.0. The molecule has 0 aliphatic rings. The molecule has 7 heteroatoms. The van der Waals surface area contributed by atoms with Crippen molar-refractivity contribution in [1.29, 1.82) is 0 Å². The number of rotatable bonds is 6. The van der Waals surface area contributed by atoms with E-state index in [4.69, 9.17) is 4.74 Å². The summed E-state index contributed by atoms with van der Waals surface area (Å²) >= 11 is 2.94. The Kier molecular flexibility index (Phi) is 5.44. The van der Waals surface area contributed by atoms with Crippen molar-refractivity contribution in [2.24, 2.45) is 0 Å². The highest BCUT2D eigenvalue weighted by molar-refractivity contribution is 9.09. The van der Waals surface area contributed by atoms with Gasteiger partial charge in [-0.3, -0.25) is 19.7 Å². The lowest BCUT2D eigenvalue weighted by Crippen LogP contribution is -2.11. The molecule has 0 fully saturated rings. The zero-order valence-electron chi connectivity index (χ0n) is 9.30. The van der Waals surface area contributed by atoms with Gasteiger partial charge in [-0.25, -0.2) is 0 Å². The number of hydrogen-bond donors (Lipinski definition) is 0. The number of nitro benzene ring substituents is 1. The van der Waals surface area contributed by atoms with Gasteiger partial charge in [0.25, 0.3) is 5.69 Å². The minimum absolute atomic E-state index is 0.00755. The van der Waals surface area contributed by atoms with Crippen LogP contribution in [0.3, 0.4) is 0 Å². The molecule has 0 aliphatic carbocycles. The van der Waals surface area contributed by atoms with E-state index >= 15 is 0 Å². The van der Waals surface area contributed by atoms with Crippen LogP contribution in [-0.4, -0.2) is 22.0 Å². The second-order valence-corrected chi connectivity index (χ2v) is 3.99. The molecule has 0 saturated heterocycles. The highest BCUT2D eigenvalue weighted by atomic mass is 79.9. The van der Waals surface area contributed by atoms with Crippen molar-refractivity contribution in [2.75, 3.05) is 5.33 Å². The predicted octanol–water partition coefficient (Wildman–Crippen LogP) is 1.99. The highest BCUT2D eigenvalue weighted by Crippen LogP contribution is 2.12. The van der Waals surface area contributed by atoms with Gasteiger partial charge in [-0.1, -0.05) is 15.9 Å². The molecule has 0 aromatic heterocycles. The fourth-order valence-corrected chi connectivity index (χ4v) is 1.34. The Morgan fingerprint density at radius 3 is 2.39 bits per heavy atom. The molecule has 18 heavy (non-hydrogen) atoms. The summed E-state index contributed by atoms with van der Waals surface area (Å²) < 4.78 is 4.85. The third-order valence-corrected chi connectivity index (χ3v) is 2.66. The summed E-state index contributed by atoms with van der Waals surface area (Å²) in [5.74, 6) is -0.874. The zero-order chi connectivity index (χ0) is 13.5. The minimum atomic E-state index is -0.613. The van der Waals surface area contributed by atoms with Crippen molar-refractivity contribution in [3.05, 3.63) is 39.9 Å². The minimum Gasteiger partial charge on any atom is -0.460 e. The van der Waals surface area contributed by atoms with E-state index in [1.54, 1.807) is 0 Å². The molecule has 0 unspecified atom stereocenters. The Bertz CT molecular complexity index is 457. The Morgan fingerprint density at radius 1 is 1.28 bits per heavy atom. The quantitative estimate of drug-likeness (QED) is 0.263. The van der Waals surface area contributed by atoms with Gasteiger partial charge in [0.1, 0.15) is 13.0 Å². The Hall–Kier alpha value is -1.76. The maximum absolute atomic E-state index is 11.2. The molecule has 0 heterocycles. The second kappa shape index (κ2) is 6.85. The van der Waals surface area contributed by atoms with Gasteiger partial charge in [-0.05, 0) is 17.7 Å². The molecule has 96 valence electrons. The first-order chi connectivity index (χ1) is 8.52. The van der Waals surface area contributed by atoms with Gasteiger partial charge < -0.3 is 4.74 Å². The SMILES string of the molecule is O=C(CBr)CC(=O)OCc1ccc([N+](=O)[O-])cc1. The van der Waals surface area contributed by atoms with E-state index in [1.807, 2.05) is 0 Å². The maximum atomic E-state index is 11.2. The van der Waals surface area contributed by atoms with E-state index in [2.05, 4.69) is 15.9 Å². The molecular weight excluding hydrogens is 306 g/mol. The van der Waals surface area contributed by atoms with Crippen LogP contribution in [0.4, 0.5) is 5.69 Å². The molecule has 1 aromatic rings. The summed E-state index contributed by atoms with van der Waals surface area (Å²) in [6, 6.07) is 5.65. The van der Waals surface area contributed by atoms with Crippen LogP contribution in [0.15, 0.2) is 24.3 Å². The van der Waals surface area contributed by atoms with E-state index in [1.165, 1.54) is 24.3 Å². The first-order valence-electron chi connectivity index (χ1n) is 4.99. The molecule has 0 spiro atoms. The monoisotopic (exact) mass is 315 g/mol. The first-order valence-corrected chi connectivity index (χ1v) is 6.11. The lowest BCUT2D eigenvalue weighted by atomic mass is 10.2. The van der Waals surface area contributed by atoms with Gasteiger partial charge in [0.15, 0.2) is 5.78 Å². The molecule has 0 radical (unpaired) electrons. The molecule has 0 N–H and O–H groups in total. The number of esters is 1. The van der Waals surface area contributed by atoms with E-state index in [9.17, 15) is 19.7 Å². The van der Waals surface area contributed by atoms with Gasteiger partial charge in [-0.2, -0.15) is 0 Å². The van der Waals surface area contributed by atoms with E-state index in [0.717, 1.165) is 0 Å². The number of benzene rings is 1. The Labute approximate surface area is 111 Å². The number of nitrogens with zero attached hydrogens (tertiary/aromatic N) is 1. The number of hydrogen-bond acceptors (Lipinski definition) is 5. The largest absolute Gasteiger partial charge is 0.460 e. The summed E-state index contributed by atoms with van der Waals surface area (Å²) in [6.45, 7) is -0.00755. The summed E-state index contributed by atoms with van der Waals surface area (Å²) in [5.41, 5.74) is 0.597. The van der Waals surface area contributed by atoms with Crippen molar-refractivity contribution in [2.45, 2.75) is 13.0 Å². The van der Waals surface area contributed by atoms with Crippen molar-refractivity contribution in [3.8, 4) is 0 Å². The molecule has 6 nitrogen and oxygen atoms in total.